The van der Waals surface area contributed by atoms with Crippen LogP contribution in [0.15, 0.2) is 42.9 Å². The maximum Gasteiger partial charge on any atom is 0.274 e. The standard InChI is InChI=1S/C22H27N5O4/c1-15(28)25-19(13-16-3-5-18(31-2)6-4-16)21(29)26-17-7-11-27(12-8-17)22(30)20-14-23-9-10-24-20/h3-6,9-10,14,17,19H,7-8,11-13H2,1-2H3,(H,25,28)(H,26,29)/t19-/m1/s1. The highest BCUT2D eigenvalue weighted by molar-refractivity contribution is 5.92. The zero-order valence-corrected chi connectivity index (χ0v) is 17.7. The fourth-order valence-corrected chi connectivity index (χ4v) is 3.55. The first-order valence-electron chi connectivity index (χ1n) is 10.2. The van der Waals surface area contributed by atoms with Crippen LogP contribution in [0.3, 0.4) is 0 Å². The van der Waals surface area contributed by atoms with E-state index in [4.69, 9.17) is 4.74 Å². The molecule has 31 heavy (non-hydrogen) atoms. The average Bonchev–Trinajstić information content (AvgIpc) is 2.79. The van der Waals surface area contributed by atoms with Gasteiger partial charge in [0.05, 0.1) is 13.3 Å². The number of aromatic nitrogens is 2. The van der Waals surface area contributed by atoms with E-state index in [0.29, 0.717) is 38.0 Å². The van der Waals surface area contributed by atoms with Gasteiger partial charge in [-0.05, 0) is 30.5 Å². The second kappa shape index (κ2) is 10.5. The SMILES string of the molecule is COc1ccc(C[C@@H](NC(C)=O)C(=O)NC2CCN(C(=O)c3cnccn3)CC2)cc1. The van der Waals surface area contributed by atoms with E-state index in [2.05, 4.69) is 20.6 Å². The highest BCUT2D eigenvalue weighted by atomic mass is 16.5. The largest absolute Gasteiger partial charge is 0.497 e. The van der Waals surface area contributed by atoms with Crippen molar-refractivity contribution < 1.29 is 19.1 Å². The zero-order chi connectivity index (χ0) is 22.2. The smallest absolute Gasteiger partial charge is 0.274 e. The highest BCUT2D eigenvalue weighted by Crippen LogP contribution is 2.15. The molecular weight excluding hydrogens is 398 g/mol. The third kappa shape index (κ3) is 6.24. The third-order valence-corrected chi connectivity index (χ3v) is 5.20. The number of carbonyl (C=O) groups is 3. The van der Waals surface area contributed by atoms with Gasteiger partial charge in [0.1, 0.15) is 17.5 Å². The van der Waals surface area contributed by atoms with Gasteiger partial charge in [0, 0.05) is 44.9 Å². The van der Waals surface area contributed by atoms with E-state index in [0.717, 1.165) is 11.3 Å². The Morgan fingerprint density at radius 3 is 2.45 bits per heavy atom. The van der Waals surface area contributed by atoms with E-state index in [9.17, 15) is 14.4 Å². The van der Waals surface area contributed by atoms with Crippen molar-refractivity contribution >= 4 is 17.7 Å². The molecule has 2 heterocycles. The molecule has 2 N–H and O–H groups in total. The number of benzene rings is 1. The van der Waals surface area contributed by atoms with Crippen LogP contribution in [-0.4, -0.2) is 64.9 Å². The predicted molar refractivity (Wildman–Crippen MR) is 113 cm³/mol. The summed E-state index contributed by atoms with van der Waals surface area (Å²) in [5.74, 6) is 0.0725. The first-order valence-corrected chi connectivity index (χ1v) is 10.2. The first-order chi connectivity index (χ1) is 15.0. The molecule has 0 aliphatic carbocycles. The van der Waals surface area contributed by atoms with Crippen molar-refractivity contribution in [2.75, 3.05) is 20.2 Å². The molecule has 0 unspecified atom stereocenters. The van der Waals surface area contributed by atoms with Gasteiger partial charge in [0.15, 0.2) is 0 Å². The number of methoxy groups -OCH3 is 1. The molecular formula is C22H27N5O4. The molecule has 164 valence electrons. The minimum atomic E-state index is -0.676. The van der Waals surface area contributed by atoms with Crippen molar-refractivity contribution in [1.82, 2.24) is 25.5 Å². The summed E-state index contributed by atoms with van der Waals surface area (Å²) in [6.45, 7) is 2.43. The van der Waals surface area contributed by atoms with Crippen molar-refractivity contribution in [2.45, 2.75) is 38.3 Å². The number of carbonyl (C=O) groups excluding carboxylic acids is 3. The second-order valence-electron chi connectivity index (χ2n) is 7.47. The van der Waals surface area contributed by atoms with Crippen LogP contribution in [0.25, 0.3) is 0 Å². The Kier molecular flexibility index (Phi) is 7.53. The fourth-order valence-electron chi connectivity index (χ4n) is 3.55. The topological polar surface area (TPSA) is 114 Å². The highest BCUT2D eigenvalue weighted by Gasteiger charge is 2.28. The van der Waals surface area contributed by atoms with E-state index < -0.39 is 6.04 Å². The Morgan fingerprint density at radius 1 is 1.16 bits per heavy atom. The Bertz CT molecular complexity index is 896. The molecule has 9 heteroatoms. The van der Waals surface area contributed by atoms with Crippen LogP contribution >= 0.6 is 0 Å². The van der Waals surface area contributed by atoms with Gasteiger partial charge in [-0.3, -0.25) is 19.4 Å². The summed E-state index contributed by atoms with van der Waals surface area (Å²) in [4.78, 5) is 46.7. The number of hydrogen-bond donors (Lipinski definition) is 2. The summed E-state index contributed by atoms with van der Waals surface area (Å²) in [6.07, 6.45) is 6.11. The molecule has 3 rings (SSSR count). The number of amides is 3. The molecule has 9 nitrogen and oxygen atoms in total. The normalized spacial score (nSPS) is 15.1. The maximum atomic E-state index is 12.9. The van der Waals surface area contributed by atoms with Crippen LogP contribution in [-0.2, 0) is 16.0 Å². The molecule has 1 aliphatic rings. The Morgan fingerprint density at radius 2 is 1.87 bits per heavy atom. The summed E-state index contributed by atoms with van der Waals surface area (Å²) in [6, 6.07) is 6.65. The number of hydrogen-bond acceptors (Lipinski definition) is 6. The minimum absolute atomic E-state index is 0.0643. The van der Waals surface area contributed by atoms with E-state index >= 15 is 0 Å². The molecule has 1 fully saturated rings. The zero-order valence-electron chi connectivity index (χ0n) is 17.7. The third-order valence-electron chi connectivity index (χ3n) is 5.20. The molecule has 1 saturated heterocycles. The lowest BCUT2D eigenvalue weighted by atomic mass is 10.0. The maximum absolute atomic E-state index is 12.9. The van der Waals surface area contributed by atoms with E-state index in [1.807, 2.05) is 24.3 Å². The van der Waals surface area contributed by atoms with Crippen molar-refractivity contribution in [3.63, 3.8) is 0 Å². The molecule has 0 bridgehead atoms. The van der Waals surface area contributed by atoms with Gasteiger partial charge in [-0.2, -0.15) is 0 Å². The van der Waals surface area contributed by atoms with Crippen LogP contribution in [0.5, 0.6) is 5.75 Å². The van der Waals surface area contributed by atoms with Crippen LogP contribution in [0.2, 0.25) is 0 Å². The van der Waals surface area contributed by atoms with Gasteiger partial charge in [-0.1, -0.05) is 12.1 Å². The number of nitrogens with one attached hydrogen (secondary N) is 2. The second-order valence-corrected chi connectivity index (χ2v) is 7.47. The summed E-state index contributed by atoms with van der Waals surface area (Å²) >= 11 is 0. The number of nitrogens with zero attached hydrogens (tertiary/aromatic N) is 3. The number of piperidine rings is 1. The van der Waals surface area contributed by atoms with Crippen molar-refractivity contribution in [3.05, 3.63) is 54.1 Å². The van der Waals surface area contributed by atoms with Gasteiger partial charge in [-0.25, -0.2) is 4.98 Å². The summed E-state index contributed by atoms with van der Waals surface area (Å²) < 4.78 is 5.16. The molecule has 0 spiro atoms. The van der Waals surface area contributed by atoms with E-state index in [1.54, 1.807) is 12.0 Å². The minimum Gasteiger partial charge on any atom is -0.497 e. The number of ether oxygens (including phenoxy) is 1. The average molecular weight is 425 g/mol. The van der Waals surface area contributed by atoms with Crippen LogP contribution in [0, 0.1) is 0 Å². The Hall–Kier alpha value is -3.49. The summed E-state index contributed by atoms with van der Waals surface area (Å²) in [5.41, 5.74) is 1.23. The van der Waals surface area contributed by atoms with Crippen molar-refractivity contribution in [2.24, 2.45) is 0 Å². The molecule has 1 aromatic carbocycles. The predicted octanol–water partition coefficient (Wildman–Crippen LogP) is 0.953. The van der Waals surface area contributed by atoms with Crippen LogP contribution < -0.4 is 15.4 Å². The molecule has 0 saturated carbocycles. The monoisotopic (exact) mass is 425 g/mol. The van der Waals surface area contributed by atoms with Gasteiger partial charge in [-0.15, -0.1) is 0 Å². The Balaban J connectivity index is 1.55. The lowest BCUT2D eigenvalue weighted by Crippen LogP contribution is -2.53. The number of rotatable bonds is 7. The molecule has 1 aromatic heterocycles. The van der Waals surface area contributed by atoms with Gasteiger partial charge in [0.2, 0.25) is 11.8 Å². The quantitative estimate of drug-likeness (QED) is 0.683. The lowest BCUT2D eigenvalue weighted by Gasteiger charge is -2.33. The van der Waals surface area contributed by atoms with Gasteiger partial charge >= 0.3 is 0 Å². The van der Waals surface area contributed by atoms with Crippen LogP contribution in [0.1, 0.15) is 35.8 Å². The molecule has 0 radical (unpaired) electrons. The Labute approximate surface area is 181 Å². The van der Waals surface area contributed by atoms with E-state index in [-0.39, 0.29) is 23.8 Å². The van der Waals surface area contributed by atoms with Gasteiger partial charge < -0.3 is 20.3 Å². The summed E-state index contributed by atoms with van der Waals surface area (Å²) in [5, 5.41) is 5.75. The van der Waals surface area contributed by atoms with Crippen molar-refractivity contribution in [1.29, 1.82) is 0 Å². The first kappa shape index (κ1) is 22.2. The van der Waals surface area contributed by atoms with Gasteiger partial charge in [0.25, 0.3) is 5.91 Å². The van der Waals surface area contributed by atoms with Crippen molar-refractivity contribution in [3.8, 4) is 5.75 Å². The molecule has 3 amide bonds. The number of likely N-dealkylation sites (tertiary alicyclic amines) is 1. The molecule has 2 aromatic rings. The molecule has 1 aliphatic heterocycles. The van der Waals surface area contributed by atoms with E-state index in [1.165, 1.54) is 25.5 Å². The lowest BCUT2D eigenvalue weighted by molar-refractivity contribution is -0.128. The summed E-state index contributed by atoms with van der Waals surface area (Å²) in [7, 11) is 1.59. The fraction of sp³-hybridized carbons (Fsp3) is 0.409. The van der Waals surface area contributed by atoms with Crippen LogP contribution in [0.4, 0.5) is 0 Å². The molecule has 1 atom stereocenters.